The first kappa shape index (κ1) is 15.3. The summed E-state index contributed by atoms with van der Waals surface area (Å²) in [6.45, 7) is 2.59. The average molecular weight is 267 g/mol. The zero-order valence-electron chi connectivity index (χ0n) is 11.4. The lowest BCUT2D eigenvalue weighted by Crippen LogP contribution is -2.32. The molecule has 0 aromatic heterocycles. The second-order valence-electron chi connectivity index (χ2n) is 4.36. The minimum atomic E-state index is -0.185. The molecule has 1 amide bonds. The second kappa shape index (κ2) is 8.37. The molecule has 0 aliphatic heterocycles. The number of aliphatic hydroxyl groups excluding tert-OH is 1. The SMILES string of the molecule is COc1ccccc1OCC(=O)NCC(C)CCO. The van der Waals surface area contributed by atoms with E-state index in [1.807, 2.05) is 19.1 Å². The molecule has 2 N–H and O–H groups in total. The van der Waals surface area contributed by atoms with E-state index >= 15 is 0 Å². The fourth-order valence-corrected chi connectivity index (χ4v) is 1.54. The highest BCUT2D eigenvalue weighted by Crippen LogP contribution is 2.25. The zero-order valence-corrected chi connectivity index (χ0v) is 11.4. The van der Waals surface area contributed by atoms with Crippen LogP contribution in [0.5, 0.6) is 11.5 Å². The second-order valence-corrected chi connectivity index (χ2v) is 4.36. The number of benzene rings is 1. The summed E-state index contributed by atoms with van der Waals surface area (Å²) in [5.74, 6) is 1.21. The van der Waals surface area contributed by atoms with Crippen LogP contribution in [-0.4, -0.2) is 37.9 Å². The van der Waals surface area contributed by atoms with E-state index in [-0.39, 0.29) is 25.0 Å². The van der Waals surface area contributed by atoms with Gasteiger partial charge in [0.05, 0.1) is 7.11 Å². The third kappa shape index (κ3) is 5.61. The smallest absolute Gasteiger partial charge is 0.257 e. The number of amides is 1. The maximum absolute atomic E-state index is 11.6. The number of ether oxygens (including phenoxy) is 2. The highest BCUT2D eigenvalue weighted by molar-refractivity contribution is 5.77. The highest BCUT2D eigenvalue weighted by Gasteiger charge is 2.08. The number of rotatable bonds is 8. The van der Waals surface area contributed by atoms with Crippen LogP contribution in [0.4, 0.5) is 0 Å². The molecule has 0 heterocycles. The molecule has 0 fully saturated rings. The average Bonchev–Trinajstić information content (AvgIpc) is 2.43. The van der Waals surface area contributed by atoms with Gasteiger partial charge in [-0.2, -0.15) is 0 Å². The van der Waals surface area contributed by atoms with Crippen molar-refractivity contribution in [2.24, 2.45) is 5.92 Å². The van der Waals surface area contributed by atoms with Crippen molar-refractivity contribution in [1.29, 1.82) is 0 Å². The van der Waals surface area contributed by atoms with Gasteiger partial charge in [-0.3, -0.25) is 4.79 Å². The number of hydrogen-bond donors (Lipinski definition) is 2. The van der Waals surface area contributed by atoms with Crippen molar-refractivity contribution in [1.82, 2.24) is 5.32 Å². The Hall–Kier alpha value is -1.75. The molecule has 0 saturated carbocycles. The maximum Gasteiger partial charge on any atom is 0.257 e. The summed E-state index contributed by atoms with van der Waals surface area (Å²) in [5, 5.41) is 11.5. The molecule has 19 heavy (non-hydrogen) atoms. The molecule has 5 nitrogen and oxygen atoms in total. The van der Waals surface area contributed by atoms with Gasteiger partial charge in [-0.1, -0.05) is 19.1 Å². The lowest BCUT2D eigenvalue weighted by molar-refractivity contribution is -0.123. The molecule has 1 aromatic carbocycles. The molecule has 0 spiro atoms. The number of methoxy groups -OCH3 is 1. The van der Waals surface area contributed by atoms with E-state index in [9.17, 15) is 4.79 Å². The van der Waals surface area contributed by atoms with Crippen LogP contribution in [0.15, 0.2) is 24.3 Å². The van der Waals surface area contributed by atoms with Gasteiger partial charge < -0.3 is 19.9 Å². The van der Waals surface area contributed by atoms with Gasteiger partial charge in [0.25, 0.3) is 5.91 Å². The Morgan fingerprint density at radius 1 is 1.37 bits per heavy atom. The third-order valence-corrected chi connectivity index (χ3v) is 2.70. The van der Waals surface area contributed by atoms with E-state index in [1.54, 1.807) is 19.2 Å². The summed E-state index contributed by atoms with van der Waals surface area (Å²) in [5.41, 5.74) is 0. The Bertz CT molecular complexity index is 395. The lowest BCUT2D eigenvalue weighted by Gasteiger charge is -2.12. The molecule has 1 atom stereocenters. The van der Waals surface area contributed by atoms with Gasteiger partial charge in [0, 0.05) is 13.2 Å². The molecule has 106 valence electrons. The van der Waals surface area contributed by atoms with Gasteiger partial charge in [-0.05, 0) is 24.5 Å². The summed E-state index contributed by atoms with van der Waals surface area (Å²) < 4.78 is 10.5. The predicted octanol–water partition coefficient (Wildman–Crippen LogP) is 1.21. The minimum absolute atomic E-state index is 0.0494. The van der Waals surface area contributed by atoms with Crippen molar-refractivity contribution in [3.05, 3.63) is 24.3 Å². The number of carbonyl (C=O) groups is 1. The highest BCUT2D eigenvalue weighted by atomic mass is 16.5. The predicted molar refractivity (Wildman–Crippen MR) is 72.4 cm³/mol. The van der Waals surface area contributed by atoms with E-state index in [4.69, 9.17) is 14.6 Å². The molecule has 0 aliphatic rings. The first-order valence-electron chi connectivity index (χ1n) is 6.30. The normalized spacial score (nSPS) is 11.7. The molecule has 0 bridgehead atoms. The van der Waals surface area contributed by atoms with Crippen LogP contribution in [0.1, 0.15) is 13.3 Å². The topological polar surface area (TPSA) is 67.8 Å². The van der Waals surface area contributed by atoms with Crippen molar-refractivity contribution < 1.29 is 19.4 Å². The first-order chi connectivity index (χ1) is 9.17. The van der Waals surface area contributed by atoms with Gasteiger partial charge in [0.1, 0.15) is 0 Å². The van der Waals surface area contributed by atoms with Gasteiger partial charge >= 0.3 is 0 Å². The molecular formula is C14H21NO4. The fourth-order valence-electron chi connectivity index (χ4n) is 1.54. The van der Waals surface area contributed by atoms with Crippen LogP contribution in [0.3, 0.4) is 0 Å². The van der Waals surface area contributed by atoms with Crippen LogP contribution < -0.4 is 14.8 Å². The number of para-hydroxylation sites is 2. The van der Waals surface area contributed by atoms with E-state index < -0.39 is 0 Å². The minimum Gasteiger partial charge on any atom is -0.493 e. The fraction of sp³-hybridized carbons (Fsp3) is 0.500. The Morgan fingerprint density at radius 3 is 2.68 bits per heavy atom. The van der Waals surface area contributed by atoms with Crippen molar-refractivity contribution in [3.63, 3.8) is 0 Å². The third-order valence-electron chi connectivity index (χ3n) is 2.70. The number of nitrogens with one attached hydrogen (secondary N) is 1. The van der Waals surface area contributed by atoms with E-state index in [1.165, 1.54) is 0 Å². The van der Waals surface area contributed by atoms with Gasteiger partial charge in [-0.25, -0.2) is 0 Å². The largest absolute Gasteiger partial charge is 0.493 e. The van der Waals surface area contributed by atoms with Gasteiger partial charge in [0.15, 0.2) is 18.1 Å². The Balaban J connectivity index is 2.33. The number of aliphatic hydroxyl groups is 1. The van der Waals surface area contributed by atoms with Crippen LogP contribution in [0.2, 0.25) is 0 Å². The monoisotopic (exact) mass is 267 g/mol. The zero-order chi connectivity index (χ0) is 14.1. The molecule has 5 heteroatoms. The molecule has 1 unspecified atom stereocenters. The summed E-state index contributed by atoms with van der Waals surface area (Å²) in [7, 11) is 1.55. The first-order valence-corrected chi connectivity index (χ1v) is 6.30. The van der Waals surface area contributed by atoms with Crippen LogP contribution in [0, 0.1) is 5.92 Å². The molecule has 0 radical (unpaired) electrons. The number of hydrogen-bond acceptors (Lipinski definition) is 4. The Morgan fingerprint density at radius 2 is 2.05 bits per heavy atom. The van der Waals surface area contributed by atoms with Crippen LogP contribution in [0.25, 0.3) is 0 Å². The molecule has 1 rings (SSSR count). The number of carbonyl (C=O) groups excluding carboxylic acids is 1. The quantitative estimate of drug-likeness (QED) is 0.743. The van der Waals surface area contributed by atoms with E-state index in [0.717, 1.165) is 0 Å². The van der Waals surface area contributed by atoms with E-state index in [0.29, 0.717) is 24.5 Å². The molecular weight excluding hydrogens is 246 g/mol. The molecule has 0 saturated heterocycles. The van der Waals surface area contributed by atoms with Gasteiger partial charge in [-0.15, -0.1) is 0 Å². The Labute approximate surface area is 113 Å². The Kier molecular flexibility index (Phi) is 6.74. The van der Waals surface area contributed by atoms with Crippen molar-refractivity contribution >= 4 is 5.91 Å². The van der Waals surface area contributed by atoms with Crippen molar-refractivity contribution in [3.8, 4) is 11.5 Å². The van der Waals surface area contributed by atoms with Crippen molar-refractivity contribution in [2.45, 2.75) is 13.3 Å². The summed E-state index contributed by atoms with van der Waals surface area (Å²) in [4.78, 5) is 11.6. The summed E-state index contributed by atoms with van der Waals surface area (Å²) in [6.07, 6.45) is 0.674. The maximum atomic E-state index is 11.6. The summed E-state index contributed by atoms with van der Waals surface area (Å²) in [6, 6.07) is 7.18. The van der Waals surface area contributed by atoms with E-state index in [2.05, 4.69) is 5.32 Å². The molecule has 1 aromatic rings. The standard InChI is InChI=1S/C14H21NO4/c1-11(7-8-16)9-15-14(17)10-19-13-6-4-3-5-12(13)18-2/h3-6,11,16H,7-10H2,1-2H3,(H,15,17). The van der Waals surface area contributed by atoms with Crippen LogP contribution in [-0.2, 0) is 4.79 Å². The van der Waals surface area contributed by atoms with Crippen LogP contribution >= 0.6 is 0 Å². The van der Waals surface area contributed by atoms with Crippen molar-refractivity contribution in [2.75, 3.05) is 26.9 Å². The molecule has 0 aliphatic carbocycles. The van der Waals surface area contributed by atoms with Gasteiger partial charge in [0.2, 0.25) is 0 Å². The summed E-state index contributed by atoms with van der Waals surface area (Å²) >= 11 is 0. The lowest BCUT2D eigenvalue weighted by atomic mass is 10.1.